The summed E-state index contributed by atoms with van der Waals surface area (Å²) < 4.78 is 0. The third-order valence-corrected chi connectivity index (χ3v) is 4.23. The fraction of sp³-hybridized carbons (Fsp3) is 0.176. The average Bonchev–Trinajstić information content (AvgIpc) is 2.54. The maximum atomic E-state index is 4.37. The van der Waals surface area contributed by atoms with Crippen LogP contribution < -0.4 is 5.32 Å². The van der Waals surface area contributed by atoms with Crippen molar-refractivity contribution in [3.05, 3.63) is 59.9 Å². The highest BCUT2D eigenvalue weighted by atomic mass is 32.2. The van der Waals surface area contributed by atoms with Gasteiger partial charge in [-0.3, -0.25) is 0 Å². The minimum Gasteiger partial charge on any atom is -0.365 e. The highest BCUT2D eigenvalue weighted by Crippen LogP contribution is 2.22. The normalized spacial score (nSPS) is 10.8. The smallest absolute Gasteiger partial charge is 0.137 e. The average molecular weight is 295 g/mol. The van der Waals surface area contributed by atoms with Gasteiger partial charge in [0.05, 0.1) is 5.52 Å². The quantitative estimate of drug-likeness (QED) is 0.729. The fourth-order valence-corrected chi connectivity index (χ4v) is 2.71. The van der Waals surface area contributed by atoms with E-state index in [1.54, 1.807) is 18.1 Å². The van der Waals surface area contributed by atoms with Crippen LogP contribution in [-0.2, 0) is 6.54 Å². The second-order valence-electron chi connectivity index (χ2n) is 4.89. The summed E-state index contributed by atoms with van der Waals surface area (Å²) in [5.74, 6) is 0.887. The summed E-state index contributed by atoms with van der Waals surface area (Å²) in [6.07, 6.45) is 3.71. The molecule has 0 amide bonds. The number of rotatable bonds is 4. The van der Waals surface area contributed by atoms with E-state index in [0.717, 1.165) is 23.3 Å². The van der Waals surface area contributed by atoms with Gasteiger partial charge in [0.25, 0.3) is 0 Å². The van der Waals surface area contributed by atoms with Crippen LogP contribution in [0.15, 0.2) is 53.7 Å². The number of aryl methyl sites for hydroxylation is 1. The Bertz CT molecular complexity index is 754. The van der Waals surface area contributed by atoms with E-state index in [0.29, 0.717) is 0 Å². The second-order valence-corrected chi connectivity index (χ2v) is 5.77. The summed E-state index contributed by atoms with van der Waals surface area (Å²) in [5, 5.41) is 4.48. The van der Waals surface area contributed by atoms with Gasteiger partial charge in [-0.15, -0.1) is 11.8 Å². The Balaban J connectivity index is 1.83. The third kappa shape index (κ3) is 3.00. The van der Waals surface area contributed by atoms with E-state index in [-0.39, 0.29) is 0 Å². The maximum absolute atomic E-state index is 4.37. The van der Waals surface area contributed by atoms with Crippen molar-refractivity contribution >= 4 is 28.5 Å². The van der Waals surface area contributed by atoms with Crippen molar-refractivity contribution in [3.8, 4) is 0 Å². The van der Waals surface area contributed by atoms with E-state index >= 15 is 0 Å². The van der Waals surface area contributed by atoms with Gasteiger partial charge >= 0.3 is 0 Å². The third-order valence-electron chi connectivity index (χ3n) is 3.49. The first kappa shape index (κ1) is 13.9. The summed E-state index contributed by atoms with van der Waals surface area (Å²) >= 11 is 1.75. The van der Waals surface area contributed by atoms with Crippen LogP contribution in [0.4, 0.5) is 5.82 Å². The fourth-order valence-electron chi connectivity index (χ4n) is 2.31. The van der Waals surface area contributed by atoms with Crippen LogP contribution in [0.1, 0.15) is 11.1 Å². The van der Waals surface area contributed by atoms with Gasteiger partial charge in [0, 0.05) is 16.8 Å². The number of para-hydroxylation sites is 1. The van der Waals surface area contributed by atoms with Crippen molar-refractivity contribution in [2.45, 2.75) is 18.4 Å². The van der Waals surface area contributed by atoms with Crippen molar-refractivity contribution < 1.29 is 0 Å². The number of thioether (sulfide) groups is 1. The predicted molar refractivity (Wildman–Crippen MR) is 89.8 cm³/mol. The summed E-state index contributed by atoms with van der Waals surface area (Å²) in [6.45, 7) is 2.83. The van der Waals surface area contributed by atoms with Gasteiger partial charge in [-0.25, -0.2) is 9.97 Å². The Kier molecular flexibility index (Phi) is 4.06. The Labute approximate surface area is 128 Å². The molecule has 0 bridgehead atoms. The Morgan fingerprint density at radius 2 is 1.86 bits per heavy atom. The number of aromatic nitrogens is 2. The Morgan fingerprint density at radius 3 is 2.62 bits per heavy atom. The van der Waals surface area contributed by atoms with E-state index in [1.807, 2.05) is 6.07 Å². The molecule has 0 aliphatic rings. The summed E-state index contributed by atoms with van der Waals surface area (Å²) in [4.78, 5) is 10.0. The highest BCUT2D eigenvalue weighted by molar-refractivity contribution is 7.98. The van der Waals surface area contributed by atoms with Crippen LogP contribution in [0.5, 0.6) is 0 Å². The molecule has 0 aliphatic carbocycles. The highest BCUT2D eigenvalue weighted by Gasteiger charge is 2.05. The molecular formula is C17H17N3S. The van der Waals surface area contributed by atoms with Crippen LogP contribution in [0.2, 0.25) is 0 Å². The van der Waals surface area contributed by atoms with E-state index in [4.69, 9.17) is 0 Å². The molecule has 0 aliphatic heterocycles. The molecule has 3 rings (SSSR count). The first-order valence-electron chi connectivity index (χ1n) is 6.85. The summed E-state index contributed by atoms with van der Waals surface area (Å²) in [6, 6.07) is 14.7. The molecule has 4 heteroatoms. The van der Waals surface area contributed by atoms with Crippen molar-refractivity contribution in [1.29, 1.82) is 0 Å². The molecule has 3 nitrogen and oxygen atoms in total. The molecule has 21 heavy (non-hydrogen) atoms. The largest absolute Gasteiger partial charge is 0.365 e. The molecule has 1 N–H and O–H groups in total. The maximum Gasteiger partial charge on any atom is 0.137 e. The van der Waals surface area contributed by atoms with E-state index in [1.165, 1.54) is 16.0 Å². The second kappa shape index (κ2) is 6.14. The van der Waals surface area contributed by atoms with Crippen molar-refractivity contribution in [2.75, 3.05) is 11.6 Å². The number of nitrogens with one attached hydrogen (secondary N) is 1. The molecule has 3 aromatic rings. The SMILES string of the molecule is CSc1ccc(CNc2ncnc3c(C)cccc23)cc1. The van der Waals surface area contributed by atoms with Gasteiger partial charge in [-0.05, 0) is 42.5 Å². The molecular weight excluding hydrogens is 278 g/mol. The molecule has 2 aromatic carbocycles. The van der Waals surface area contributed by atoms with Crippen LogP contribution >= 0.6 is 11.8 Å². The molecule has 0 saturated heterocycles. The van der Waals surface area contributed by atoms with Gasteiger partial charge in [-0.1, -0.05) is 24.3 Å². The topological polar surface area (TPSA) is 37.8 Å². The van der Waals surface area contributed by atoms with Gasteiger partial charge in [0.2, 0.25) is 0 Å². The lowest BCUT2D eigenvalue weighted by Gasteiger charge is -2.09. The van der Waals surface area contributed by atoms with E-state index in [2.05, 4.69) is 64.9 Å². The molecule has 106 valence electrons. The van der Waals surface area contributed by atoms with Crippen molar-refractivity contribution in [3.63, 3.8) is 0 Å². The summed E-state index contributed by atoms with van der Waals surface area (Å²) in [7, 11) is 0. The lowest BCUT2D eigenvalue weighted by Crippen LogP contribution is -2.02. The van der Waals surface area contributed by atoms with Crippen LogP contribution in [0, 0.1) is 6.92 Å². The predicted octanol–water partition coefficient (Wildman–Crippen LogP) is 4.27. The first-order valence-corrected chi connectivity index (χ1v) is 8.07. The van der Waals surface area contributed by atoms with Gasteiger partial charge in [0.1, 0.15) is 12.1 Å². The van der Waals surface area contributed by atoms with Gasteiger partial charge in [0.15, 0.2) is 0 Å². The zero-order valence-corrected chi connectivity index (χ0v) is 12.9. The van der Waals surface area contributed by atoms with Crippen LogP contribution in [0.25, 0.3) is 10.9 Å². The summed E-state index contributed by atoms with van der Waals surface area (Å²) in [5.41, 5.74) is 3.42. The zero-order chi connectivity index (χ0) is 14.7. The lowest BCUT2D eigenvalue weighted by atomic mass is 10.1. The Hall–Kier alpha value is -2.07. The van der Waals surface area contributed by atoms with Crippen molar-refractivity contribution in [1.82, 2.24) is 9.97 Å². The standard InChI is InChI=1S/C17H17N3S/c1-12-4-3-5-15-16(12)19-11-20-17(15)18-10-13-6-8-14(21-2)9-7-13/h3-9,11H,10H2,1-2H3,(H,18,19,20). The Morgan fingerprint density at radius 1 is 1.05 bits per heavy atom. The van der Waals surface area contributed by atoms with Crippen LogP contribution in [0.3, 0.4) is 0 Å². The minimum absolute atomic E-state index is 0.759. The van der Waals surface area contributed by atoms with Gasteiger partial charge in [-0.2, -0.15) is 0 Å². The van der Waals surface area contributed by atoms with Gasteiger partial charge < -0.3 is 5.32 Å². The molecule has 0 spiro atoms. The number of hydrogen-bond donors (Lipinski definition) is 1. The number of benzene rings is 2. The number of anilines is 1. The van der Waals surface area contributed by atoms with Crippen LogP contribution in [-0.4, -0.2) is 16.2 Å². The molecule has 0 saturated carbocycles. The number of nitrogens with zero attached hydrogens (tertiary/aromatic N) is 2. The number of fused-ring (bicyclic) bond motifs is 1. The van der Waals surface area contributed by atoms with E-state index in [9.17, 15) is 0 Å². The molecule has 0 unspecified atom stereocenters. The lowest BCUT2D eigenvalue weighted by molar-refractivity contribution is 1.10. The first-order chi connectivity index (χ1) is 10.3. The molecule has 0 atom stereocenters. The monoisotopic (exact) mass is 295 g/mol. The molecule has 1 heterocycles. The molecule has 0 radical (unpaired) electrons. The zero-order valence-electron chi connectivity index (χ0n) is 12.1. The number of hydrogen-bond acceptors (Lipinski definition) is 4. The van der Waals surface area contributed by atoms with Crippen molar-refractivity contribution in [2.24, 2.45) is 0 Å². The van der Waals surface area contributed by atoms with E-state index < -0.39 is 0 Å². The molecule has 0 fully saturated rings. The molecule has 1 aromatic heterocycles. The minimum atomic E-state index is 0.759.